The zero-order valence-electron chi connectivity index (χ0n) is 16.1. The minimum atomic E-state index is -0.694. The summed E-state index contributed by atoms with van der Waals surface area (Å²) in [5, 5.41) is 0.0353. The number of hydrogen-bond acceptors (Lipinski definition) is 4. The van der Waals surface area contributed by atoms with Gasteiger partial charge in [0.1, 0.15) is 0 Å². The molecule has 27 heavy (non-hydrogen) atoms. The fraction of sp³-hybridized carbons (Fsp3) is 0.619. The van der Waals surface area contributed by atoms with E-state index in [-0.39, 0.29) is 29.6 Å². The molecule has 0 heterocycles. The molecule has 1 rings (SSSR count). The van der Waals surface area contributed by atoms with Crippen LogP contribution in [-0.4, -0.2) is 18.5 Å². The lowest BCUT2D eigenvalue weighted by atomic mass is 10.1. The number of benzene rings is 1. The van der Waals surface area contributed by atoms with Gasteiger partial charge in [0.15, 0.2) is 11.6 Å². The van der Waals surface area contributed by atoms with Crippen LogP contribution in [0.2, 0.25) is 5.02 Å². The molecule has 0 unspecified atom stereocenters. The molecule has 1 aromatic carbocycles. The van der Waals surface area contributed by atoms with Crippen LogP contribution in [0.5, 0.6) is 5.75 Å². The van der Waals surface area contributed by atoms with Crippen molar-refractivity contribution < 1.29 is 23.5 Å². The monoisotopic (exact) mass is 400 g/mol. The standard InChI is InChI=1S/C21H30ClFO4/c1-2-3-4-5-6-7-8-9-16-26-19(24)14-11-15-20(25)27-21-17(22)12-10-13-18(21)23/h10,12-13H,2-9,11,14-16H2,1H3. The van der Waals surface area contributed by atoms with Gasteiger partial charge in [0.2, 0.25) is 0 Å². The Morgan fingerprint density at radius 1 is 0.926 bits per heavy atom. The largest absolute Gasteiger partial charge is 0.466 e. The van der Waals surface area contributed by atoms with E-state index in [0.717, 1.165) is 18.9 Å². The van der Waals surface area contributed by atoms with Crippen molar-refractivity contribution in [2.24, 2.45) is 0 Å². The van der Waals surface area contributed by atoms with E-state index in [4.69, 9.17) is 21.1 Å². The summed E-state index contributed by atoms with van der Waals surface area (Å²) in [5.41, 5.74) is 0. The van der Waals surface area contributed by atoms with Crippen molar-refractivity contribution in [3.8, 4) is 5.75 Å². The molecule has 0 atom stereocenters. The maximum absolute atomic E-state index is 13.5. The number of para-hydroxylation sites is 1. The van der Waals surface area contributed by atoms with Crippen LogP contribution in [0.4, 0.5) is 4.39 Å². The molecule has 4 nitrogen and oxygen atoms in total. The Bertz CT molecular complexity index is 557. The normalized spacial score (nSPS) is 10.6. The van der Waals surface area contributed by atoms with Crippen LogP contribution < -0.4 is 4.74 Å². The Hall–Kier alpha value is -1.62. The molecule has 0 N–H and O–H groups in total. The Kier molecular flexibility index (Phi) is 12.5. The van der Waals surface area contributed by atoms with Crippen LogP contribution >= 0.6 is 11.6 Å². The number of ether oxygens (including phenoxy) is 2. The molecule has 0 aliphatic rings. The minimum Gasteiger partial charge on any atom is -0.466 e. The second kappa shape index (κ2) is 14.4. The van der Waals surface area contributed by atoms with E-state index in [1.807, 2.05) is 0 Å². The molecule has 0 saturated carbocycles. The van der Waals surface area contributed by atoms with Gasteiger partial charge in [0, 0.05) is 12.8 Å². The molecular formula is C21H30ClFO4. The molecule has 0 radical (unpaired) electrons. The highest BCUT2D eigenvalue weighted by Gasteiger charge is 2.14. The Morgan fingerprint density at radius 2 is 1.56 bits per heavy atom. The highest BCUT2D eigenvalue weighted by Crippen LogP contribution is 2.27. The average molecular weight is 401 g/mol. The number of unbranched alkanes of at least 4 members (excludes halogenated alkanes) is 7. The first kappa shape index (κ1) is 23.4. The van der Waals surface area contributed by atoms with Crippen LogP contribution in [0.1, 0.15) is 77.6 Å². The Labute approximate surface area is 166 Å². The van der Waals surface area contributed by atoms with Crippen LogP contribution in [0.15, 0.2) is 18.2 Å². The average Bonchev–Trinajstić information content (AvgIpc) is 2.63. The molecule has 0 aromatic heterocycles. The predicted octanol–water partition coefficient (Wildman–Crippen LogP) is 6.24. The predicted molar refractivity (Wildman–Crippen MR) is 104 cm³/mol. The summed E-state index contributed by atoms with van der Waals surface area (Å²) in [5.74, 6) is -1.92. The number of carbonyl (C=O) groups is 2. The van der Waals surface area contributed by atoms with E-state index in [0.29, 0.717) is 13.0 Å². The van der Waals surface area contributed by atoms with Crippen molar-refractivity contribution in [1.29, 1.82) is 0 Å². The number of halogens is 2. The molecule has 0 bridgehead atoms. The van der Waals surface area contributed by atoms with Gasteiger partial charge in [-0.1, -0.05) is 69.5 Å². The molecule has 0 fully saturated rings. The van der Waals surface area contributed by atoms with Gasteiger partial charge in [0.25, 0.3) is 0 Å². The minimum absolute atomic E-state index is 0.00246. The highest BCUT2D eigenvalue weighted by molar-refractivity contribution is 6.32. The lowest BCUT2D eigenvalue weighted by molar-refractivity contribution is -0.144. The van der Waals surface area contributed by atoms with Gasteiger partial charge in [-0.25, -0.2) is 4.39 Å². The van der Waals surface area contributed by atoms with Crippen molar-refractivity contribution in [2.45, 2.75) is 77.6 Å². The highest BCUT2D eigenvalue weighted by atomic mass is 35.5. The molecule has 152 valence electrons. The second-order valence-corrected chi connectivity index (χ2v) is 6.98. The number of hydrogen-bond donors (Lipinski definition) is 0. The first-order valence-electron chi connectivity index (χ1n) is 9.85. The van der Waals surface area contributed by atoms with Crippen molar-refractivity contribution in [3.05, 3.63) is 29.0 Å². The molecular weight excluding hydrogens is 371 g/mol. The number of carbonyl (C=O) groups excluding carboxylic acids is 2. The molecule has 0 amide bonds. The fourth-order valence-electron chi connectivity index (χ4n) is 2.62. The van der Waals surface area contributed by atoms with E-state index in [9.17, 15) is 14.0 Å². The summed E-state index contributed by atoms with van der Waals surface area (Å²) in [7, 11) is 0. The van der Waals surface area contributed by atoms with E-state index < -0.39 is 11.8 Å². The van der Waals surface area contributed by atoms with Gasteiger partial charge in [-0.2, -0.15) is 0 Å². The summed E-state index contributed by atoms with van der Waals surface area (Å²) in [6, 6.07) is 4.03. The van der Waals surface area contributed by atoms with Gasteiger partial charge in [-0.05, 0) is 25.0 Å². The lowest BCUT2D eigenvalue weighted by Crippen LogP contribution is -2.11. The molecule has 0 spiro atoms. The molecule has 0 aliphatic carbocycles. The second-order valence-electron chi connectivity index (χ2n) is 6.57. The Morgan fingerprint density at radius 3 is 2.22 bits per heavy atom. The number of esters is 2. The zero-order valence-corrected chi connectivity index (χ0v) is 16.9. The first-order chi connectivity index (χ1) is 13.0. The van der Waals surface area contributed by atoms with Crippen LogP contribution in [0.3, 0.4) is 0 Å². The first-order valence-corrected chi connectivity index (χ1v) is 10.2. The molecule has 0 saturated heterocycles. The lowest BCUT2D eigenvalue weighted by Gasteiger charge is -2.07. The van der Waals surface area contributed by atoms with E-state index in [1.54, 1.807) is 0 Å². The van der Waals surface area contributed by atoms with Gasteiger partial charge in [-0.15, -0.1) is 0 Å². The third kappa shape index (κ3) is 11.0. The van der Waals surface area contributed by atoms with Gasteiger partial charge in [0.05, 0.1) is 11.6 Å². The van der Waals surface area contributed by atoms with E-state index >= 15 is 0 Å². The molecule has 0 aliphatic heterocycles. The molecule has 1 aromatic rings. The summed E-state index contributed by atoms with van der Waals surface area (Å²) in [6.45, 7) is 2.62. The maximum atomic E-state index is 13.5. The SMILES string of the molecule is CCCCCCCCCCOC(=O)CCCC(=O)Oc1c(F)cccc1Cl. The van der Waals surface area contributed by atoms with Crippen molar-refractivity contribution in [1.82, 2.24) is 0 Å². The number of rotatable bonds is 14. The summed E-state index contributed by atoms with van der Waals surface area (Å²) in [4.78, 5) is 23.4. The van der Waals surface area contributed by atoms with Crippen molar-refractivity contribution >= 4 is 23.5 Å². The molecule has 6 heteroatoms. The third-order valence-corrected chi connectivity index (χ3v) is 4.46. The summed E-state index contributed by atoms with van der Waals surface area (Å²) >= 11 is 5.79. The smallest absolute Gasteiger partial charge is 0.311 e. The summed E-state index contributed by atoms with van der Waals surface area (Å²) < 4.78 is 23.6. The van der Waals surface area contributed by atoms with E-state index in [1.165, 1.54) is 50.7 Å². The fourth-order valence-corrected chi connectivity index (χ4v) is 2.82. The van der Waals surface area contributed by atoms with Crippen LogP contribution in [0.25, 0.3) is 0 Å². The van der Waals surface area contributed by atoms with Gasteiger partial charge >= 0.3 is 11.9 Å². The van der Waals surface area contributed by atoms with E-state index in [2.05, 4.69) is 6.92 Å². The summed E-state index contributed by atoms with van der Waals surface area (Å²) in [6.07, 6.45) is 9.91. The van der Waals surface area contributed by atoms with Crippen molar-refractivity contribution in [2.75, 3.05) is 6.61 Å². The van der Waals surface area contributed by atoms with Crippen LogP contribution in [-0.2, 0) is 14.3 Å². The van der Waals surface area contributed by atoms with Crippen LogP contribution in [0, 0.1) is 5.82 Å². The van der Waals surface area contributed by atoms with Gasteiger partial charge in [-0.3, -0.25) is 9.59 Å². The topological polar surface area (TPSA) is 52.6 Å². The zero-order chi connectivity index (χ0) is 19.9. The third-order valence-electron chi connectivity index (χ3n) is 4.16. The van der Waals surface area contributed by atoms with Crippen molar-refractivity contribution in [3.63, 3.8) is 0 Å². The Balaban J connectivity index is 2.04. The maximum Gasteiger partial charge on any atom is 0.311 e. The quantitative estimate of drug-likeness (QED) is 0.211. The van der Waals surface area contributed by atoms with Gasteiger partial charge < -0.3 is 9.47 Å².